The highest BCUT2D eigenvalue weighted by atomic mass is 32.2. The molecule has 0 aliphatic rings. The lowest BCUT2D eigenvalue weighted by atomic mass is 10.1. The molecular weight excluding hydrogens is 354 g/mol. The summed E-state index contributed by atoms with van der Waals surface area (Å²) in [5, 5.41) is 14.0. The number of hydrogen-bond donors (Lipinski definition) is 1. The molecule has 1 amide bonds. The number of carbonyl (C=O) groups is 1. The second-order valence-electron chi connectivity index (χ2n) is 6.76. The molecule has 0 saturated carbocycles. The summed E-state index contributed by atoms with van der Waals surface area (Å²) in [6.07, 6.45) is 0. The molecule has 0 spiro atoms. The molecule has 5 heteroatoms. The number of amides is 1. The van der Waals surface area contributed by atoms with Gasteiger partial charge in [0.1, 0.15) is 11.1 Å². The molecule has 136 valence electrons. The Morgan fingerprint density at radius 3 is 2.59 bits per heavy atom. The van der Waals surface area contributed by atoms with Crippen molar-refractivity contribution in [1.29, 1.82) is 5.26 Å². The van der Waals surface area contributed by atoms with Crippen LogP contribution >= 0.6 is 11.8 Å². The van der Waals surface area contributed by atoms with Crippen LogP contribution in [0.4, 0.5) is 5.69 Å². The van der Waals surface area contributed by atoms with Crippen LogP contribution in [-0.4, -0.2) is 16.6 Å². The highest BCUT2D eigenvalue weighted by Crippen LogP contribution is 2.27. The Morgan fingerprint density at radius 2 is 1.85 bits per heavy atom. The summed E-state index contributed by atoms with van der Waals surface area (Å²) in [6.45, 7) is 7.99. The van der Waals surface area contributed by atoms with Crippen LogP contribution in [0.25, 0.3) is 10.9 Å². The Balaban J connectivity index is 1.81. The molecule has 27 heavy (non-hydrogen) atoms. The minimum Gasteiger partial charge on any atom is -0.325 e. The van der Waals surface area contributed by atoms with Crippen LogP contribution in [0.1, 0.15) is 27.8 Å². The Labute approximate surface area is 163 Å². The van der Waals surface area contributed by atoms with Gasteiger partial charge in [0.25, 0.3) is 0 Å². The fourth-order valence-electron chi connectivity index (χ4n) is 3.02. The lowest BCUT2D eigenvalue weighted by molar-refractivity contribution is -0.113. The number of aryl methyl sites for hydroxylation is 4. The number of nitriles is 1. The van der Waals surface area contributed by atoms with E-state index in [1.165, 1.54) is 11.8 Å². The second kappa shape index (κ2) is 7.81. The molecule has 0 saturated heterocycles. The third-order valence-corrected chi connectivity index (χ3v) is 5.34. The molecule has 0 radical (unpaired) electrons. The maximum Gasteiger partial charge on any atom is 0.234 e. The van der Waals surface area contributed by atoms with E-state index in [4.69, 9.17) is 0 Å². The van der Waals surface area contributed by atoms with Gasteiger partial charge in [-0.05, 0) is 62.6 Å². The predicted octanol–water partition coefficient (Wildman–Crippen LogP) is 5.07. The van der Waals surface area contributed by atoms with E-state index < -0.39 is 0 Å². The lowest BCUT2D eigenvalue weighted by Crippen LogP contribution is -2.15. The van der Waals surface area contributed by atoms with E-state index in [1.807, 2.05) is 58.0 Å². The van der Waals surface area contributed by atoms with Gasteiger partial charge >= 0.3 is 0 Å². The molecule has 0 unspecified atom stereocenters. The normalized spacial score (nSPS) is 10.6. The molecule has 4 nitrogen and oxygen atoms in total. The summed E-state index contributed by atoms with van der Waals surface area (Å²) in [5.41, 5.74) is 6.51. The molecule has 3 aromatic rings. The zero-order chi connectivity index (χ0) is 19.6. The monoisotopic (exact) mass is 375 g/mol. The molecule has 1 heterocycles. The van der Waals surface area contributed by atoms with Crippen LogP contribution < -0.4 is 5.32 Å². The maximum atomic E-state index is 12.4. The van der Waals surface area contributed by atoms with Gasteiger partial charge in [0.05, 0.1) is 16.8 Å². The topological polar surface area (TPSA) is 65.8 Å². The van der Waals surface area contributed by atoms with Crippen molar-refractivity contribution in [3.8, 4) is 6.07 Å². The summed E-state index contributed by atoms with van der Waals surface area (Å²) in [6, 6.07) is 14.1. The van der Waals surface area contributed by atoms with Gasteiger partial charge < -0.3 is 5.32 Å². The summed E-state index contributed by atoms with van der Waals surface area (Å²) >= 11 is 1.29. The van der Waals surface area contributed by atoms with Crippen molar-refractivity contribution < 1.29 is 4.79 Å². The summed E-state index contributed by atoms with van der Waals surface area (Å²) in [5.74, 6) is 0.0889. The van der Waals surface area contributed by atoms with Crippen LogP contribution in [0.5, 0.6) is 0 Å². The molecule has 0 bridgehead atoms. The number of pyridine rings is 1. The molecule has 3 rings (SSSR count). The van der Waals surface area contributed by atoms with Gasteiger partial charge in [-0.1, -0.05) is 35.5 Å². The third kappa shape index (κ3) is 4.29. The van der Waals surface area contributed by atoms with Crippen molar-refractivity contribution in [1.82, 2.24) is 4.98 Å². The first kappa shape index (κ1) is 18.9. The van der Waals surface area contributed by atoms with Crippen molar-refractivity contribution >= 4 is 34.3 Å². The van der Waals surface area contributed by atoms with Gasteiger partial charge in [-0.3, -0.25) is 4.79 Å². The minimum absolute atomic E-state index is 0.111. The fraction of sp³-hybridized carbons (Fsp3) is 0.227. The zero-order valence-electron chi connectivity index (χ0n) is 15.9. The first-order valence-corrected chi connectivity index (χ1v) is 9.68. The Morgan fingerprint density at radius 1 is 1.07 bits per heavy atom. The molecular formula is C22H21N3OS. The van der Waals surface area contributed by atoms with Gasteiger partial charge in [-0.15, -0.1) is 0 Å². The van der Waals surface area contributed by atoms with Gasteiger partial charge in [0.2, 0.25) is 5.91 Å². The quantitative estimate of drug-likeness (QED) is 0.647. The molecule has 0 fully saturated rings. The first-order valence-electron chi connectivity index (χ1n) is 8.69. The summed E-state index contributed by atoms with van der Waals surface area (Å²) in [7, 11) is 0. The van der Waals surface area contributed by atoms with Crippen molar-refractivity contribution in [2.45, 2.75) is 32.7 Å². The molecule has 0 aliphatic heterocycles. The Bertz CT molecular complexity index is 1080. The van der Waals surface area contributed by atoms with E-state index in [0.29, 0.717) is 10.6 Å². The number of nitrogens with one attached hydrogen (secondary N) is 1. The third-order valence-electron chi connectivity index (χ3n) is 4.35. The lowest BCUT2D eigenvalue weighted by Gasteiger charge is -2.10. The smallest absolute Gasteiger partial charge is 0.234 e. The largest absolute Gasteiger partial charge is 0.325 e. The number of aromatic nitrogens is 1. The number of rotatable bonds is 4. The van der Waals surface area contributed by atoms with E-state index in [9.17, 15) is 10.1 Å². The van der Waals surface area contributed by atoms with Crippen LogP contribution in [0.15, 0.2) is 41.4 Å². The number of carbonyl (C=O) groups excluding carboxylic acids is 1. The number of fused-ring (bicyclic) bond motifs is 1. The minimum atomic E-state index is -0.111. The van der Waals surface area contributed by atoms with Crippen molar-refractivity contribution in [3.05, 3.63) is 64.2 Å². The Hall–Kier alpha value is -2.84. The molecule has 0 atom stereocenters. The van der Waals surface area contributed by atoms with E-state index in [-0.39, 0.29) is 11.7 Å². The second-order valence-corrected chi connectivity index (χ2v) is 7.73. The summed E-state index contributed by atoms with van der Waals surface area (Å²) < 4.78 is 0. The fourth-order valence-corrected chi connectivity index (χ4v) is 3.77. The Kier molecular flexibility index (Phi) is 5.48. The number of nitrogens with zero attached hydrogens (tertiary/aromatic N) is 2. The summed E-state index contributed by atoms with van der Waals surface area (Å²) in [4.78, 5) is 17.0. The van der Waals surface area contributed by atoms with Crippen molar-refractivity contribution in [2.75, 3.05) is 11.1 Å². The van der Waals surface area contributed by atoms with Crippen LogP contribution in [-0.2, 0) is 4.79 Å². The number of benzene rings is 2. The predicted molar refractivity (Wildman–Crippen MR) is 111 cm³/mol. The van der Waals surface area contributed by atoms with E-state index in [2.05, 4.69) is 22.4 Å². The highest BCUT2D eigenvalue weighted by Gasteiger charge is 2.12. The van der Waals surface area contributed by atoms with Crippen LogP contribution in [0.2, 0.25) is 0 Å². The standard InChI is InChI=1S/C22H21N3OS/c1-13-5-6-15(3)19(9-13)24-20(26)12-27-22-18(11-23)10-17-8-14(2)7-16(4)21(17)25-22/h5-10H,12H2,1-4H3,(H,24,26). The van der Waals surface area contributed by atoms with Crippen LogP contribution in [0, 0.1) is 39.0 Å². The number of anilines is 1. The van der Waals surface area contributed by atoms with Crippen molar-refractivity contribution in [3.63, 3.8) is 0 Å². The average Bonchev–Trinajstić information content (AvgIpc) is 2.62. The molecule has 0 aliphatic carbocycles. The van der Waals surface area contributed by atoms with E-state index >= 15 is 0 Å². The van der Waals surface area contributed by atoms with Gasteiger partial charge in [0, 0.05) is 11.1 Å². The number of thioether (sulfide) groups is 1. The van der Waals surface area contributed by atoms with Gasteiger partial charge in [-0.2, -0.15) is 5.26 Å². The highest BCUT2D eigenvalue weighted by molar-refractivity contribution is 8.00. The van der Waals surface area contributed by atoms with E-state index in [0.717, 1.165) is 38.8 Å². The first-order chi connectivity index (χ1) is 12.9. The van der Waals surface area contributed by atoms with Crippen LogP contribution in [0.3, 0.4) is 0 Å². The van der Waals surface area contributed by atoms with E-state index in [1.54, 1.807) is 0 Å². The van der Waals surface area contributed by atoms with Gasteiger partial charge in [-0.25, -0.2) is 4.98 Å². The number of hydrogen-bond acceptors (Lipinski definition) is 4. The molecule has 1 N–H and O–H groups in total. The van der Waals surface area contributed by atoms with Crippen molar-refractivity contribution in [2.24, 2.45) is 0 Å². The zero-order valence-corrected chi connectivity index (χ0v) is 16.7. The maximum absolute atomic E-state index is 12.4. The molecule has 1 aromatic heterocycles. The van der Waals surface area contributed by atoms with Gasteiger partial charge in [0.15, 0.2) is 0 Å². The average molecular weight is 375 g/mol. The molecule has 2 aromatic carbocycles. The SMILES string of the molecule is Cc1ccc(C)c(NC(=O)CSc2nc3c(C)cc(C)cc3cc2C#N)c1.